The summed E-state index contributed by atoms with van der Waals surface area (Å²) in [5.41, 5.74) is 4.39. The van der Waals surface area contributed by atoms with Crippen LogP contribution in [0.2, 0.25) is 5.15 Å². The Morgan fingerprint density at radius 2 is 1.95 bits per heavy atom. The number of aryl methyl sites for hydroxylation is 1. The van der Waals surface area contributed by atoms with Gasteiger partial charge in [0.25, 0.3) is 0 Å². The molecule has 1 fully saturated rings. The third-order valence-corrected chi connectivity index (χ3v) is 6.53. The summed E-state index contributed by atoms with van der Waals surface area (Å²) in [5.74, 6) is -6.62. The van der Waals surface area contributed by atoms with E-state index in [9.17, 15) is 31.5 Å². The molecule has 16 heteroatoms. The van der Waals surface area contributed by atoms with E-state index < -0.39 is 42.3 Å². The molecule has 2 aliphatic rings. The van der Waals surface area contributed by atoms with Gasteiger partial charge in [0.05, 0.1) is 10.9 Å². The lowest BCUT2D eigenvalue weighted by molar-refractivity contribution is -0.285. The van der Waals surface area contributed by atoms with Gasteiger partial charge in [-0.15, -0.1) is 0 Å². The highest BCUT2D eigenvalue weighted by Crippen LogP contribution is 2.42. The van der Waals surface area contributed by atoms with Crippen LogP contribution in [0.4, 0.5) is 33.6 Å². The second kappa shape index (κ2) is 8.19. The molecule has 10 nitrogen and oxygen atoms in total. The summed E-state index contributed by atoms with van der Waals surface area (Å²) < 4.78 is 66.0. The highest BCUT2D eigenvalue weighted by Gasteiger charge is 2.57. The summed E-state index contributed by atoms with van der Waals surface area (Å²) in [6.45, 7) is 0.537. The molecule has 0 aromatic carbocycles. The second-order valence-corrected chi connectivity index (χ2v) is 9.40. The average Bonchev–Trinajstić information content (AvgIpc) is 3.48. The molecule has 1 aliphatic heterocycles. The lowest BCUT2D eigenvalue weighted by Gasteiger charge is -2.21. The van der Waals surface area contributed by atoms with Crippen LogP contribution < -0.4 is 16.4 Å². The molecule has 4 N–H and O–H groups in total. The molecular formula is C21H18ClF5N8O2. The molecule has 4 heterocycles. The predicted octanol–water partition coefficient (Wildman–Crippen LogP) is 3.20. The van der Waals surface area contributed by atoms with Gasteiger partial charge in [-0.2, -0.15) is 27.1 Å². The Morgan fingerprint density at radius 3 is 2.59 bits per heavy atom. The molecule has 1 aliphatic carbocycles. The number of amides is 2. The SMILES string of the molecule is C[C@]1(C(=O)NC2CC2)C(=O)Nc2nc(-c3nn(CCC(F)(F)C(F)(F)F)c4nc(Cl)ccc34)nc(N)c21. The van der Waals surface area contributed by atoms with Gasteiger partial charge in [0.15, 0.2) is 16.9 Å². The molecule has 37 heavy (non-hydrogen) atoms. The maximum absolute atomic E-state index is 13.6. The standard InChI is InChI=1S/C21H18ClF5N8O2/c1-19(17(36)29-8-2-3-8)11-13(28)31-15(32-14(11)33-18(19)37)12-9-4-5-10(22)30-16(9)35(34-12)7-6-20(23,24)21(25,26)27/h4-5,8H,2-3,6-7H2,1H3,(H,29,36)(H3,28,31,32,33,37)/t19-/m0/s1. The number of carbonyl (C=O) groups excluding carboxylic acids is 2. The number of hydrogen-bond donors (Lipinski definition) is 3. The largest absolute Gasteiger partial charge is 0.453 e. The number of carbonyl (C=O) groups is 2. The molecular weight excluding hydrogens is 527 g/mol. The monoisotopic (exact) mass is 544 g/mol. The number of nitrogen functional groups attached to an aromatic ring is 1. The van der Waals surface area contributed by atoms with E-state index in [1.54, 1.807) is 0 Å². The van der Waals surface area contributed by atoms with Crippen molar-refractivity contribution in [3.63, 3.8) is 0 Å². The number of alkyl halides is 5. The molecule has 5 rings (SSSR count). The number of rotatable bonds is 6. The minimum Gasteiger partial charge on any atom is -0.383 e. The first-order valence-electron chi connectivity index (χ1n) is 11.0. The molecule has 0 radical (unpaired) electrons. The number of pyridine rings is 1. The molecule has 3 aromatic rings. The quantitative estimate of drug-likeness (QED) is 0.246. The van der Waals surface area contributed by atoms with Crippen LogP contribution in [-0.4, -0.2) is 54.7 Å². The van der Waals surface area contributed by atoms with Gasteiger partial charge in [-0.3, -0.25) is 9.59 Å². The van der Waals surface area contributed by atoms with Crippen LogP contribution >= 0.6 is 11.6 Å². The van der Waals surface area contributed by atoms with E-state index in [-0.39, 0.29) is 50.9 Å². The number of nitrogens with one attached hydrogen (secondary N) is 2. The molecule has 0 spiro atoms. The Morgan fingerprint density at radius 1 is 1.24 bits per heavy atom. The number of anilines is 2. The summed E-state index contributed by atoms with van der Waals surface area (Å²) in [6, 6.07) is 2.76. The Bertz CT molecular complexity index is 1450. The number of halogens is 6. The molecule has 196 valence electrons. The molecule has 0 unspecified atom stereocenters. The van der Waals surface area contributed by atoms with Gasteiger partial charge in [-0.1, -0.05) is 11.6 Å². The number of nitrogens with two attached hydrogens (primary N) is 1. The third-order valence-electron chi connectivity index (χ3n) is 6.32. The fourth-order valence-electron chi connectivity index (χ4n) is 4.03. The smallest absolute Gasteiger partial charge is 0.383 e. The topological polar surface area (TPSA) is 141 Å². The van der Waals surface area contributed by atoms with Crippen LogP contribution in [0, 0.1) is 0 Å². The van der Waals surface area contributed by atoms with Crippen molar-refractivity contribution in [1.82, 2.24) is 30.0 Å². The fourth-order valence-corrected chi connectivity index (χ4v) is 4.17. The third kappa shape index (κ3) is 4.10. The van der Waals surface area contributed by atoms with E-state index in [1.165, 1.54) is 19.1 Å². The second-order valence-electron chi connectivity index (χ2n) is 9.01. The van der Waals surface area contributed by atoms with Gasteiger partial charge in [0.1, 0.15) is 22.5 Å². The van der Waals surface area contributed by atoms with Crippen LogP contribution in [0.1, 0.15) is 31.7 Å². The van der Waals surface area contributed by atoms with Gasteiger partial charge in [0.2, 0.25) is 11.8 Å². The normalized spacial score (nSPS) is 19.7. The van der Waals surface area contributed by atoms with E-state index in [1.807, 2.05) is 0 Å². The average molecular weight is 545 g/mol. The van der Waals surface area contributed by atoms with Crippen molar-refractivity contribution in [2.24, 2.45) is 0 Å². The Balaban J connectivity index is 1.56. The summed E-state index contributed by atoms with van der Waals surface area (Å²) in [5, 5.41) is 9.53. The molecule has 0 bridgehead atoms. The van der Waals surface area contributed by atoms with E-state index in [2.05, 4.69) is 30.7 Å². The Labute approximate surface area is 209 Å². The zero-order valence-electron chi connectivity index (χ0n) is 19.0. The zero-order chi connectivity index (χ0) is 26.9. The number of fused-ring (bicyclic) bond motifs is 2. The van der Waals surface area contributed by atoms with Crippen LogP contribution in [0.3, 0.4) is 0 Å². The first-order chi connectivity index (χ1) is 17.2. The molecule has 2 amide bonds. The first-order valence-corrected chi connectivity index (χ1v) is 11.4. The van der Waals surface area contributed by atoms with Crippen molar-refractivity contribution in [2.45, 2.75) is 56.3 Å². The predicted molar refractivity (Wildman–Crippen MR) is 121 cm³/mol. The maximum Gasteiger partial charge on any atom is 0.453 e. The Kier molecular flexibility index (Phi) is 5.55. The molecule has 1 saturated carbocycles. The maximum atomic E-state index is 13.6. The van der Waals surface area contributed by atoms with Crippen molar-refractivity contribution in [3.05, 3.63) is 22.8 Å². The van der Waals surface area contributed by atoms with Gasteiger partial charge >= 0.3 is 12.1 Å². The van der Waals surface area contributed by atoms with Gasteiger partial charge in [0, 0.05) is 19.0 Å². The highest BCUT2D eigenvalue weighted by atomic mass is 35.5. The lowest BCUT2D eigenvalue weighted by atomic mass is 9.83. The van der Waals surface area contributed by atoms with E-state index in [0.717, 1.165) is 17.5 Å². The van der Waals surface area contributed by atoms with Crippen molar-refractivity contribution in [2.75, 3.05) is 11.1 Å². The minimum absolute atomic E-state index is 0.0260. The van der Waals surface area contributed by atoms with Gasteiger partial charge in [-0.25, -0.2) is 19.6 Å². The van der Waals surface area contributed by atoms with E-state index in [0.29, 0.717) is 0 Å². The molecule has 0 saturated heterocycles. The van der Waals surface area contributed by atoms with Crippen molar-refractivity contribution in [1.29, 1.82) is 0 Å². The van der Waals surface area contributed by atoms with Crippen molar-refractivity contribution in [3.8, 4) is 11.5 Å². The van der Waals surface area contributed by atoms with E-state index >= 15 is 0 Å². The lowest BCUT2D eigenvalue weighted by Crippen LogP contribution is -2.48. The zero-order valence-corrected chi connectivity index (χ0v) is 19.7. The summed E-state index contributed by atoms with van der Waals surface area (Å²) in [6.07, 6.45) is -5.75. The van der Waals surface area contributed by atoms with Crippen LogP contribution in [0.15, 0.2) is 12.1 Å². The number of nitrogens with zero attached hydrogens (tertiary/aromatic N) is 5. The summed E-state index contributed by atoms with van der Waals surface area (Å²) >= 11 is 5.91. The number of aromatic nitrogens is 5. The van der Waals surface area contributed by atoms with Crippen LogP contribution in [-0.2, 0) is 21.5 Å². The summed E-state index contributed by atoms with van der Waals surface area (Å²) in [7, 11) is 0. The number of hydrogen-bond acceptors (Lipinski definition) is 7. The molecule has 1 atom stereocenters. The van der Waals surface area contributed by atoms with Crippen molar-refractivity contribution >= 4 is 46.1 Å². The minimum atomic E-state index is -5.74. The fraction of sp³-hybridized carbons (Fsp3) is 0.429. The summed E-state index contributed by atoms with van der Waals surface area (Å²) in [4.78, 5) is 38.1. The van der Waals surface area contributed by atoms with Crippen LogP contribution in [0.25, 0.3) is 22.6 Å². The molecule has 3 aromatic heterocycles. The highest BCUT2D eigenvalue weighted by molar-refractivity contribution is 6.29. The van der Waals surface area contributed by atoms with Crippen molar-refractivity contribution < 1.29 is 31.5 Å². The van der Waals surface area contributed by atoms with Gasteiger partial charge in [-0.05, 0) is 31.9 Å². The Hall–Kier alpha value is -3.62. The van der Waals surface area contributed by atoms with Gasteiger partial charge < -0.3 is 16.4 Å². The van der Waals surface area contributed by atoms with E-state index in [4.69, 9.17) is 17.3 Å². The first kappa shape index (κ1) is 25.0. The van der Waals surface area contributed by atoms with Crippen LogP contribution in [0.5, 0.6) is 0 Å².